The van der Waals surface area contributed by atoms with E-state index in [2.05, 4.69) is 58.4 Å². The molecule has 7 aromatic rings. The molecule has 0 aliphatic rings. The van der Waals surface area contributed by atoms with Crippen LogP contribution >= 0.6 is 34.0 Å². The minimum absolute atomic E-state index is 0.00869. The Kier molecular flexibility index (Phi) is 9.35. The number of rotatable bonds is 12. The summed E-state index contributed by atoms with van der Waals surface area (Å²) in [6.07, 6.45) is 9.92. The maximum atomic E-state index is 12.1. The zero-order valence-corrected chi connectivity index (χ0v) is 29.5. The maximum Gasteiger partial charge on any atom is 0.335 e. The molecule has 0 radical (unpaired) electrons. The lowest BCUT2D eigenvalue weighted by atomic mass is 9.96. The number of thiophene rings is 3. The summed E-state index contributed by atoms with van der Waals surface area (Å²) in [5.74, 6) is -2.23. The van der Waals surface area contributed by atoms with Gasteiger partial charge in [-0.1, -0.05) is 26.7 Å². The normalized spacial score (nSPS) is 11.5. The van der Waals surface area contributed by atoms with E-state index in [1.54, 1.807) is 17.5 Å². The van der Waals surface area contributed by atoms with Crippen LogP contribution in [0.1, 0.15) is 71.4 Å². The number of aromatic carboxylic acids is 2. The first-order valence-electron chi connectivity index (χ1n) is 16.3. The standard InChI is InChI=1S/C39H33N3O4S3/c1-3-5-7-25-27-13-16-47-36(27)26(8-6-4-2)28-21-35(49-37(25)28)34-10-9-33(48-34)22-11-14-40-29(17-22)31-19-24(39(45)46)20-32(42-31)30-18-23(38(43)44)12-15-41-30/h9-21H,3-8H2,1-2H3,(H,43,44)(H,45,46). The van der Waals surface area contributed by atoms with Crippen LogP contribution in [0.2, 0.25) is 0 Å². The molecule has 0 amide bonds. The summed E-state index contributed by atoms with van der Waals surface area (Å²) >= 11 is 5.51. The van der Waals surface area contributed by atoms with Crippen LogP contribution in [0.4, 0.5) is 0 Å². The molecule has 0 bridgehead atoms. The Balaban J connectivity index is 1.27. The number of carboxylic acids is 2. The van der Waals surface area contributed by atoms with Crippen molar-refractivity contribution in [1.29, 1.82) is 0 Å². The van der Waals surface area contributed by atoms with E-state index in [4.69, 9.17) is 0 Å². The first-order valence-corrected chi connectivity index (χ1v) is 18.8. The lowest BCUT2D eigenvalue weighted by Gasteiger charge is -2.11. The number of unbranched alkanes of at least 4 members (excludes halogenated alkanes) is 2. The number of aromatic nitrogens is 3. The minimum Gasteiger partial charge on any atom is -0.478 e. The molecule has 10 heteroatoms. The summed E-state index contributed by atoms with van der Waals surface area (Å²) in [6.45, 7) is 4.51. The Morgan fingerprint density at radius 1 is 0.633 bits per heavy atom. The van der Waals surface area contributed by atoms with Crippen molar-refractivity contribution in [3.8, 4) is 43.0 Å². The average Bonchev–Trinajstić information content (AvgIpc) is 3.90. The second kappa shape index (κ2) is 14.0. The quantitative estimate of drug-likeness (QED) is 0.130. The summed E-state index contributed by atoms with van der Waals surface area (Å²) in [5.41, 5.74) is 5.36. The van der Waals surface area contributed by atoms with Crippen molar-refractivity contribution in [1.82, 2.24) is 15.0 Å². The molecule has 2 N–H and O–H groups in total. The van der Waals surface area contributed by atoms with Crippen molar-refractivity contribution in [3.05, 3.63) is 101 Å². The average molecular weight is 704 g/mol. The summed E-state index contributed by atoms with van der Waals surface area (Å²) in [5, 5.41) is 24.4. The number of hydrogen-bond donors (Lipinski definition) is 2. The van der Waals surface area contributed by atoms with Gasteiger partial charge in [0.25, 0.3) is 0 Å². The molecule has 0 aliphatic heterocycles. The van der Waals surface area contributed by atoms with E-state index >= 15 is 0 Å². The third kappa shape index (κ3) is 6.51. The topological polar surface area (TPSA) is 113 Å². The fourth-order valence-electron chi connectivity index (χ4n) is 6.16. The monoisotopic (exact) mass is 703 g/mol. The van der Waals surface area contributed by atoms with Gasteiger partial charge in [0.15, 0.2) is 0 Å². The van der Waals surface area contributed by atoms with Crippen LogP contribution in [-0.2, 0) is 12.8 Å². The molecule has 7 nitrogen and oxygen atoms in total. The van der Waals surface area contributed by atoms with E-state index in [1.165, 1.54) is 84.4 Å². The van der Waals surface area contributed by atoms with Gasteiger partial charge in [0.05, 0.1) is 33.9 Å². The van der Waals surface area contributed by atoms with Gasteiger partial charge < -0.3 is 10.2 Å². The van der Waals surface area contributed by atoms with Gasteiger partial charge in [-0.25, -0.2) is 14.6 Å². The molecule has 0 aliphatic carbocycles. The summed E-state index contributed by atoms with van der Waals surface area (Å²) < 4.78 is 2.87. The maximum absolute atomic E-state index is 12.1. The molecule has 246 valence electrons. The van der Waals surface area contributed by atoms with Crippen molar-refractivity contribution < 1.29 is 19.8 Å². The molecule has 1 aromatic carbocycles. The van der Waals surface area contributed by atoms with Gasteiger partial charge >= 0.3 is 11.9 Å². The Labute approximate surface area is 295 Å². The minimum atomic E-state index is -1.13. The van der Waals surface area contributed by atoms with E-state index in [0.29, 0.717) is 11.4 Å². The van der Waals surface area contributed by atoms with Gasteiger partial charge in [-0.3, -0.25) is 9.97 Å². The summed E-state index contributed by atoms with van der Waals surface area (Å²) in [4.78, 5) is 40.6. The van der Waals surface area contributed by atoms with Crippen LogP contribution in [0, 0.1) is 0 Å². The molecule has 0 spiro atoms. The zero-order valence-electron chi connectivity index (χ0n) is 27.0. The van der Waals surface area contributed by atoms with Crippen LogP contribution in [-0.4, -0.2) is 37.1 Å². The lowest BCUT2D eigenvalue weighted by Crippen LogP contribution is -2.02. The number of pyridine rings is 3. The van der Waals surface area contributed by atoms with E-state index in [9.17, 15) is 19.8 Å². The highest BCUT2D eigenvalue weighted by Crippen LogP contribution is 2.46. The van der Waals surface area contributed by atoms with Crippen LogP contribution in [0.25, 0.3) is 63.1 Å². The second-order valence-electron chi connectivity index (χ2n) is 11.9. The van der Waals surface area contributed by atoms with Crippen molar-refractivity contribution in [3.63, 3.8) is 0 Å². The number of fused-ring (bicyclic) bond motifs is 2. The zero-order chi connectivity index (χ0) is 34.1. The molecular formula is C39H33N3O4S3. The van der Waals surface area contributed by atoms with Gasteiger partial charge in [-0.05, 0) is 119 Å². The van der Waals surface area contributed by atoms with Crippen LogP contribution in [0.15, 0.2) is 78.4 Å². The third-order valence-electron chi connectivity index (χ3n) is 8.65. The Hall–Kier alpha value is -4.77. The molecule has 7 rings (SSSR count). The predicted molar refractivity (Wildman–Crippen MR) is 201 cm³/mol. The van der Waals surface area contributed by atoms with Crippen LogP contribution < -0.4 is 0 Å². The Morgan fingerprint density at radius 2 is 1.27 bits per heavy atom. The largest absolute Gasteiger partial charge is 0.478 e. The number of carbonyl (C=O) groups is 2. The van der Waals surface area contributed by atoms with E-state index in [-0.39, 0.29) is 22.5 Å². The number of benzene rings is 1. The molecule has 0 saturated heterocycles. The highest BCUT2D eigenvalue weighted by atomic mass is 32.1. The smallest absolute Gasteiger partial charge is 0.335 e. The fourth-order valence-corrected chi connectivity index (χ4v) is 9.53. The van der Waals surface area contributed by atoms with Crippen molar-refractivity contribution in [2.75, 3.05) is 0 Å². The van der Waals surface area contributed by atoms with E-state index < -0.39 is 11.9 Å². The molecule has 0 unspecified atom stereocenters. The summed E-state index contributed by atoms with van der Waals surface area (Å²) in [7, 11) is 0. The highest BCUT2D eigenvalue weighted by Gasteiger charge is 2.20. The summed E-state index contributed by atoms with van der Waals surface area (Å²) in [6, 6.07) is 18.5. The molecule has 0 fully saturated rings. The van der Waals surface area contributed by atoms with Gasteiger partial charge in [0, 0.05) is 36.4 Å². The predicted octanol–water partition coefficient (Wildman–Crippen LogP) is 11.1. The van der Waals surface area contributed by atoms with Crippen LogP contribution in [0.3, 0.4) is 0 Å². The number of nitrogens with zero attached hydrogens (tertiary/aromatic N) is 3. The van der Waals surface area contributed by atoms with Crippen LogP contribution in [0.5, 0.6) is 0 Å². The number of aryl methyl sites for hydroxylation is 2. The van der Waals surface area contributed by atoms with Crippen molar-refractivity contribution in [2.24, 2.45) is 0 Å². The second-order valence-corrected chi connectivity index (χ2v) is 15.0. The van der Waals surface area contributed by atoms with Crippen molar-refractivity contribution in [2.45, 2.75) is 52.4 Å². The molecular weight excluding hydrogens is 671 g/mol. The van der Waals surface area contributed by atoms with Gasteiger partial charge in [-0.2, -0.15) is 0 Å². The van der Waals surface area contributed by atoms with Crippen molar-refractivity contribution >= 4 is 66.1 Å². The van der Waals surface area contributed by atoms with Gasteiger partial charge in [-0.15, -0.1) is 34.0 Å². The molecule has 0 atom stereocenters. The van der Waals surface area contributed by atoms with E-state index in [1.807, 2.05) is 34.8 Å². The molecule has 6 aromatic heterocycles. The first kappa shape index (κ1) is 32.8. The lowest BCUT2D eigenvalue weighted by molar-refractivity contribution is 0.0686. The molecule has 49 heavy (non-hydrogen) atoms. The highest BCUT2D eigenvalue weighted by molar-refractivity contribution is 7.27. The van der Waals surface area contributed by atoms with E-state index in [0.717, 1.165) is 36.1 Å². The fraction of sp³-hybridized carbons (Fsp3) is 0.205. The molecule has 6 heterocycles. The Bertz CT molecular complexity index is 2290. The number of hydrogen-bond acceptors (Lipinski definition) is 8. The first-order chi connectivity index (χ1) is 23.8. The van der Waals surface area contributed by atoms with Gasteiger partial charge in [0.2, 0.25) is 0 Å². The third-order valence-corrected chi connectivity index (χ3v) is 12.2. The molecule has 0 saturated carbocycles. The number of carboxylic acid groups (broad SMARTS) is 2. The SMILES string of the molecule is CCCCc1c2cc(-c3ccc(-c4ccnc(-c5cc(C(=O)O)cc(-c6cc(C(=O)O)ccn6)n5)c4)s3)sc2c(CCCC)c2ccsc12. The van der Waals surface area contributed by atoms with Gasteiger partial charge in [0.1, 0.15) is 0 Å². The Morgan fingerprint density at radius 3 is 1.96 bits per heavy atom.